The van der Waals surface area contributed by atoms with Crippen molar-refractivity contribution >= 4 is 44.0 Å². The van der Waals surface area contributed by atoms with Crippen molar-refractivity contribution in [2.45, 2.75) is 11.3 Å². The molecule has 2 aromatic carbocycles. The average molecular weight is 436 g/mol. The number of hydrogen-bond acceptors (Lipinski definition) is 5. The number of benzene rings is 2. The lowest BCUT2D eigenvalue weighted by molar-refractivity contribution is 0.102. The molecule has 0 aliphatic carbocycles. The molecule has 0 atom stereocenters. The molecular formula is C19H18ClN3O3S2. The zero-order valence-electron chi connectivity index (χ0n) is 15.2. The van der Waals surface area contributed by atoms with Gasteiger partial charge in [0.25, 0.3) is 5.91 Å². The van der Waals surface area contributed by atoms with Crippen LogP contribution in [0.5, 0.6) is 0 Å². The minimum Gasteiger partial charge on any atom is -0.298 e. The number of anilines is 1. The van der Waals surface area contributed by atoms with E-state index in [9.17, 15) is 13.2 Å². The zero-order valence-corrected chi connectivity index (χ0v) is 17.6. The molecular weight excluding hydrogens is 418 g/mol. The standard InChI is InChI=1S/C19H18ClN3O3S2/c1-23(2)28(25,26)15-8-9-17(20)16(11-15)18(24)22-19-21-12-14(27-19)10-13-6-4-3-5-7-13/h3-9,11-12H,10H2,1-2H3,(H,21,22,24). The fraction of sp³-hybridized carbons (Fsp3) is 0.158. The molecule has 0 aliphatic rings. The van der Waals surface area contributed by atoms with Crippen molar-refractivity contribution in [3.8, 4) is 0 Å². The van der Waals surface area contributed by atoms with E-state index in [1.54, 1.807) is 6.20 Å². The van der Waals surface area contributed by atoms with Crippen LogP contribution in [0.25, 0.3) is 0 Å². The predicted molar refractivity (Wildman–Crippen MR) is 112 cm³/mol. The molecule has 9 heteroatoms. The van der Waals surface area contributed by atoms with Gasteiger partial charge in [-0.05, 0) is 23.8 Å². The van der Waals surface area contributed by atoms with Gasteiger partial charge in [0.05, 0.1) is 15.5 Å². The van der Waals surface area contributed by atoms with Crippen molar-refractivity contribution < 1.29 is 13.2 Å². The summed E-state index contributed by atoms with van der Waals surface area (Å²) >= 11 is 7.47. The fourth-order valence-corrected chi connectivity index (χ4v) is 4.43. The molecule has 0 aliphatic heterocycles. The number of aromatic nitrogens is 1. The number of nitrogens with one attached hydrogen (secondary N) is 1. The maximum Gasteiger partial charge on any atom is 0.259 e. The van der Waals surface area contributed by atoms with Gasteiger partial charge >= 0.3 is 0 Å². The molecule has 1 heterocycles. The van der Waals surface area contributed by atoms with E-state index in [4.69, 9.17) is 11.6 Å². The van der Waals surface area contributed by atoms with Gasteiger partial charge in [-0.15, -0.1) is 11.3 Å². The lowest BCUT2D eigenvalue weighted by atomic mass is 10.1. The zero-order chi connectivity index (χ0) is 20.3. The van der Waals surface area contributed by atoms with Crippen LogP contribution in [0.1, 0.15) is 20.8 Å². The number of thiazole rings is 1. The number of nitrogens with zero attached hydrogens (tertiary/aromatic N) is 2. The Morgan fingerprint density at radius 1 is 1.18 bits per heavy atom. The molecule has 28 heavy (non-hydrogen) atoms. The van der Waals surface area contributed by atoms with Crippen LogP contribution in [0, 0.1) is 0 Å². The van der Waals surface area contributed by atoms with Gasteiger partial charge in [-0.1, -0.05) is 41.9 Å². The summed E-state index contributed by atoms with van der Waals surface area (Å²) in [4.78, 5) is 17.8. The first-order valence-electron chi connectivity index (χ1n) is 8.29. The van der Waals surface area contributed by atoms with Crippen molar-refractivity contribution in [2.24, 2.45) is 0 Å². The summed E-state index contributed by atoms with van der Waals surface area (Å²) < 4.78 is 25.7. The minimum atomic E-state index is -3.67. The van der Waals surface area contributed by atoms with E-state index in [1.807, 2.05) is 30.3 Å². The summed E-state index contributed by atoms with van der Waals surface area (Å²) in [5.74, 6) is -0.513. The number of hydrogen-bond donors (Lipinski definition) is 1. The Balaban J connectivity index is 1.78. The number of amides is 1. The van der Waals surface area contributed by atoms with Crippen molar-refractivity contribution in [3.05, 3.63) is 75.8 Å². The Morgan fingerprint density at radius 2 is 1.89 bits per heavy atom. The Bertz CT molecular complexity index is 1100. The molecule has 0 bridgehead atoms. The second-order valence-electron chi connectivity index (χ2n) is 6.18. The van der Waals surface area contributed by atoms with Gasteiger partial charge in [0, 0.05) is 31.6 Å². The first kappa shape index (κ1) is 20.5. The van der Waals surface area contributed by atoms with E-state index < -0.39 is 15.9 Å². The lowest BCUT2D eigenvalue weighted by Crippen LogP contribution is -2.23. The summed E-state index contributed by atoms with van der Waals surface area (Å²) in [6, 6.07) is 14.0. The molecule has 0 saturated heterocycles. The van der Waals surface area contributed by atoms with Crippen LogP contribution < -0.4 is 5.32 Å². The average Bonchev–Trinajstić information content (AvgIpc) is 3.09. The molecule has 1 aromatic heterocycles. The number of carbonyl (C=O) groups is 1. The Labute approximate surface area is 172 Å². The highest BCUT2D eigenvalue weighted by Gasteiger charge is 2.21. The molecule has 6 nitrogen and oxygen atoms in total. The van der Waals surface area contributed by atoms with Crippen LogP contribution >= 0.6 is 22.9 Å². The van der Waals surface area contributed by atoms with E-state index in [1.165, 1.54) is 43.6 Å². The van der Waals surface area contributed by atoms with E-state index in [0.717, 1.165) is 14.7 Å². The Kier molecular flexibility index (Phi) is 6.14. The highest BCUT2D eigenvalue weighted by Crippen LogP contribution is 2.25. The number of rotatable bonds is 6. The SMILES string of the molecule is CN(C)S(=O)(=O)c1ccc(Cl)c(C(=O)Nc2ncc(Cc3ccccc3)s2)c1. The van der Waals surface area contributed by atoms with Crippen LogP contribution in [-0.2, 0) is 16.4 Å². The van der Waals surface area contributed by atoms with E-state index in [-0.39, 0.29) is 15.5 Å². The predicted octanol–water partition coefficient (Wildman–Crippen LogP) is 3.89. The van der Waals surface area contributed by atoms with Crippen LogP contribution in [0.4, 0.5) is 5.13 Å². The molecule has 0 fully saturated rings. The lowest BCUT2D eigenvalue weighted by Gasteiger charge is -2.13. The second kappa shape index (κ2) is 8.40. The van der Waals surface area contributed by atoms with Crippen LogP contribution in [0.2, 0.25) is 5.02 Å². The van der Waals surface area contributed by atoms with E-state index in [2.05, 4.69) is 10.3 Å². The Morgan fingerprint density at radius 3 is 2.57 bits per heavy atom. The van der Waals surface area contributed by atoms with E-state index in [0.29, 0.717) is 11.6 Å². The molecule has 0 unspecified atom stereocenters. The fourth-order valence-electron chi connectivity index (χ4n) is 2.46. The third kappa shape index (κ3) is 4.59. The van der Waals surface area contributed by atoms with Gasteiger partial charge in [-0.2, -0.15) is 0 Å². The second-order valence-corrected chi connectivity index (χ2v) is 9.85. The van der Waals surface area contributed by atoms with Crippen LogP contribution in [-0.4, -0.2) is 37.7 Å². The van der Waals surface area contributed by atoms with Crippen molar-refractivity contribution in [1.82, 2.24) is 9.29 Å². The molecule has 3 aromatic rings. The minimum absolute atomic E-state index is 0.00374. The van der Waals surface area contributed by atoms with Crippen LogP contribution in [0.15, 0.2) is 59.6 Å². The monoisotopic (exact) mass is 435 g/mol. The summed E-state index contributed by atoms with van der Waals surface area (Å²) in [5, 5.41) is 3.28. The third-order valence-corrected chi connectivity index (χ3v) is 7.01. The molecule has 0 saturated carbocycles. The number of halogens is 1. The van der Waals surface area contributed by atoms with Crippen molar-refractivity contribution in [1.29, 1.82) is 0 Å². The molecule has 1 N–H and O–H groups in total. The molecule has 3 rings (SSSR count). The maximum absolute atomic E-state index is 12.6. The summed E-state index contributed by atoms with van der Waals surface area (Å²) in [5.41, 5.74) is 1.22. The van der Waals surface area contributed by atoms with Gasteiger partial charge in [0.15, 0.2) is 5.13 Å². The smallest absolute Gasteiger partial charge is 0.259 e. The van der Waals surface area contributed by atoms with Crippen LogP contribution in [0.3, 0.4) is 0 Å². The van der Waals surface area contributed by atoms with Gasteiger partial charge in [0.2, 0.25) is 10.0 Å². The normalized spacial score (nSPS) is 11.6. The van der Waals surface area contributed by atoms with Gasteiger partial charge in [-0.3, -0.25) is 10.1 Å². The first-order valence-corrected chi connectivity index (χ1v) is 10.9. The first-order chi connectivity index (χ1) is 13.3. The molecule has 1 amide bonds. The summed E-state index contributed by atoms with van der Waals surface area (Å²) in [6.45, 7) is 0. The highest BCUT2D eigenvalue weighted by molar-refractivity contribution is 7.89. The summed E-state index contributed by atoms with van der Waals surface area (Å²) in [6.07, 6.45) is 2.42. The Hall–Kier alpha value is -2.26. The number of sulfonamides is 1. The topological polar surface area (TPSA) is 79.4 Å². The highest BCUT2D eigenvalue weighted by atomic mass is 35.5. The molecule has 146 valence electrons. The van der Waals surface area contributed by atoms with Gasteiger partial charge in [0.1, 0.15) is 0 Å². The maximum atomic E-state index is 12.6. The van der Waals surface area contributed by atoms with Crippen molar-refractivity contribution in [3.63, 3.8) is 0 Å². The van der Waals surface area contributed by atoms with Gasteiger partial charge < -0.3 is 0 Å². The largest absolute Gasteiger partial charge is 0.298 e. The number of carbonyl (C=O) groups excluding carboxylic acids is 1. The van der Waals surface area contributed by atoms with E-state index >= 15 is 0 Å². The molecule has 0 spiro atoms. The van der Waals surface area contributed by atoms with Gasteiger partial charge in [-0.25, -0.2) is 17.7 Å². The quantitative estimate of drug-likeness (QED) is 0.637. The summed E-state index contributed by atoms with van der Waals surface area (Å²) in [7, 11) is -0.823. The molecule has 0 radical (unpaired) electrons. The van der Waals surface area contributed by atoms with Crippen molar-refractivity contribution in [2.75, 3.05) is 19.4 Å². The third-order valence-electron chi connectivity index (χ3n) is 3.96.